The number of halogens is 1. The second kappa shape index (κ2) is 10.1. The largest absolute Gasteiger partial charge is 0.481 e. The predicted molar refractivity (Wildman–Crippen MR) is 87.8 cm³/mol. The van der Waals surface area contributed by atoms with E-state index in [1.165, 1.54) is 19.2 Å². The number of carbonyl (C=O) groups excluding carboxylic acids is 1. The molecule has 0 saturated heterocycles. The number of amides is 1. The van der Waals surface area contributed by atoms with Gasteiger partial charge in [-0.1, -0.05) is 12.1 Å². The minimum absolute atomic E-state index is 0.190. The minimum Gasteiger partial charge on any atom is -0.481 e. The average molecular weight is 376 g/mol. The van der Waals surface area contributed by atoms with Crippen molar-refractivity contribution in [3.63, 3.8) is 0 Å². The zero-order valence-corrected chi connectivity index (χ0v) is 14.5. The Labute approximate surface area is 145 Å². The minimum atomic E-state index is -3.63. The Kier molecular flexibility index (Phi) is 8.46. The molecule has 0 radical (unpaired) electrons. The van der Waals surface area contributed by atoms with Gasteiger partial charge in [-0.2, -0.15) is 0 Å². The summed E-state index contributed by atoms with van der Waals surface area (Å²) in [5.41, 5.74) is 0.403. The molecule has 140 valence electrons. The van der Waals surface area contributed by atoms with Crippen molar-refractivity contribution in [1.82, 2.24) is 10.0 Å². The second-order valence-corrected chi connectivity index (χ2v) is 7.18. The Hall–Kier alpha value is -2.04. The Morgan fingerprint density at radius 1 is 1.28 bits per heavy atom. The Morgan fingerprint density at radius 3 is 2.48 bits per heavy atom. The topological polar surface area (TPSA) is 122 Å². The third kappa shape index (κ3) is 8.57. The van der Waals surface area contributed by atoms with Crippen LogP contribution in [0.4, 0.5) is 4.39 Å². The maximum absolute atomic E-state index is 13.0. The number of methoxy groups -OCH3 is 1. The zero-order chi connectivity index (χ0) is 18.9. The molecule has 1 atom stereocenters. The summed E-state index contributed by atoms with van der Waals surface area (Å²) in [6, 6.07) is 4.11. The van der Waals surface area contributed by atoms with E-state index in [1.54, 1.807) is 0 Å². The normalized spacial score (nSPS) is 12.6. The molecule has 0 aliphatic carbocycles. The van der Waals surface area contributed by atoms with Crippen LogP contribution in [0.25, 0.3) is 0 Å². The first kappa shape index (κ1) is 21.0. The third-order valence-electron chi connectivity index (χ3n) is 3.20. The number of carboxylic acids is 1. The van der Waals surface area contributed by atoms with E-state index in [0.717, 1.165) is 12.1 Å². The molecule has 10 heteroatoms. The van der Waals surface area contributed by atoms with Gasteiger partial charge in [-0.3, -0.25) is 9.59 Å². The van der Waals surface area contributed by atoms with E-state index in [2.05, 4.69) is 10.0 Å². The van der Waals surface area contributed by atoms with Crippen LogP contribution in [0.1, 0.15) is 24.4 Å². The lowest BCUT2D eigenvalue weighted by atomic mass is 10.0. The number of aliphatic carboxylic acids is 1. The third-order valence-corrected chi connectivity index (χ3v) is 4.61. The van der Waals surface area contributed by atoms with Crippen LogP contribution in [0.3, 0.4) is 0 Å². The van der Waals surface area contributed by atoms with Crippen molar-refractivity contribution < 1.29 is 32.2 Å². The van der Waals surface area contributed by atoms with Crippen LogP contribution in [-0.4, -0.2) is 51.4 Å². The van der Waals surface area contributed by atoms with Crippen LogP contribution in [0.15, 0.2) is 24.3 Å². The molecule has 25 heavy (non-hydrogen) atoms. The Morgan fingerprint density at radius 2 is 1.92 bits per heavy atom. The molecule has 0 spiro atoms. The Bertz CT molecular complexity index is 678. The average Bonchev–Trinajstić information content (AvgIpc) is 2.53. The molecular weight excluding hydrogens is 355 g/mol. The molecule has 0 heterocycles. The van der Waals surface area contributed by atoms with E-state index in [-0.39, 0.29) is 18.8 Å². The molecule has 0 aromatic heterocycles. The van der Waals surface area contributed by atoms with E-state index in [4.69, 9.17) is 9.84 Å². The first-order chi connectivity index (χ1) is 11.7. The summed E-state index contributed by atoms with van der Waals surface area (Å²) in [6.07, 6.45) is -0.136. The molecule has 0 fully saturated rings. The number of ether oxygens (including phenoxy) is 1. The van der Waals surface area contributed by atoms with Crippen LogP contribution < -0.4 is 10.0 Å². The predicted octanol–water partition coefficient (Wildman–Crippen LogP) is 0.414. The second-order valence-electron chi connectivity index (χ2n) is 5.26. The van der Waals surface area contributed by atoms with Gasteiger partial charge in [-0.05, 0) is 24.1 Å². The van der Waals surface area contributed by atoms with Crippen LogP contribution in [0.2, 0.25) is 0 Å². The van der Waals surface area contributed by atoms with Crippen molar-refractivity contribution in [2.45, 2.75) is 18.9 Å². The summed E-state index contributed by atoms with van der Waals surface area (Å²) in [6.45, 7) is -0.245. The van der Waals surface area contributed by atoms with Crippen molar-refractivity contribution in [2.24, 2.45) is 0 Å². The van der Waals surface area contributed by atoms with Gasteiger partial charge in [0.2, 0.25) is 15.9 Å². The van der Waals surface area contributed by atoms with E-state index in [0.29, 0.717) is 5.56 Å². The lowest BCUT2D eigenvalue weighted by Crippen LogP contribution is -2.40. The molecule has 8 nitrogen and oxygen atoms in total. The standard InChI is InChI=1S/C15H21FN2O6S/c1-24-7-2-8-25(22,23)17-10-14(19)18-13(9-15(20)21)11-3-5-12(16)6-4-11/h3-6,13,17H,2,7-10H2,1H3,(H,18,19)(H,20,21). The summed E-state index contributed by atoms with van der Waals surface area (Å²) in [5, 5.41) is 11.4. The van der Waals surface area contributed by atoms with E-state index in [1.807, 2.05) is 0 Å². The number of hydrogen-bond donors (Lipinski definition) is 3. The van der Waals surface area contributed by atoms with Crippen molar-refractivity contribution in [3.8, 4) is 0 Å². The summed E-state index contributed by atoms with van der Waals surface area (Å²) < 4.78 is 43.3. The van der Waals surface area contributed by atoms with Gasteiger partial charge in [0, 0.05) is 13.7 Å². The molecule has 3 N–H and O–H groups in total. The van der Waals surface area contributed by atoms with Crippen molar-refractivity contribution in [1.29, 1.82) is 0 Å². The SMILES string of the molecule is COCCCS(=O)(=O)NCC(=O)NC(CC(=O)O)c1ccc(F)cc1. The maximum atomic E-state index is 13.0. The first-order valence-corrected chi connectivity index (χ1v) is 9.11. The van der Waals surface area contributed by atoms with E-state index in [9.17, 15) is 22.4 Å². The van der Waals surface area contributed by atoms with Crippen molar-refractivity contribution in [3.05, 3.63) is 35.6 Å². The van der Waals surface area contributed by atoms with Crippen LogP contribution in [0, 0.1) is 5.82 Å². The fourth-order valence-electron chi connectivity index (χ4n) is 2.01. The zero-order valence-electron chi connectivity index (χ0n) is 13.7. The number of nitrogens with one attached hydrogen (secondary N) is 2. The molecule has 0 aliphatic rings. The maximum Gasteiger partial charge on any atom is 0.305 e. The lowest BCUT2D eigenvalue weighted by Gasteiger charge is -2.17. The van der Waals surface area contributed by atoms with Crippen LogP contribution in [-0.2, 0) is 24.3 Å². The monoisotopic (exact) mass is 376 g/mol. The molecule has 1 aromatic rings. The van der Waals surface area contributed by atoms with E-state index >= 15 is 0 Å². The first-order valence-electron chi connectivity index (χ1n) is 7.46. The lowest BCUT2D eigenvalue weighted by molar-refractivity contribution is -0.137. The molecule has 1 rings (SSSR count). The highest BCUT2D eigenvalue weighted by molar-refractivity contribution is 7.89. The number of benzene rings is 1. The molecule has 1 amide bonds. The summed E-state index contributed by atoms with van der Waals surface area (Å²) in [4.78, 5) is 22.9. The smallest absolute Gasteiger partial charge is 0.305 e. The fraction of sp³-hybridized carbons (Fsp3) is 0.467. The van der Waals surface area contributed by atoms with Gasteiger partial charge < -0.3 is 15.2 Å². The summed E-state index contributed by atoms with van der Waals surface area (Å²) >= 11 is 0. The van der Waals surface area contributed by atoms with Gasteiger partial charge in [0.25, 0.3) is 0 Å². The van der Waals surface area contributed by atoms with Gasteiger partial charge >= 0.3 is 5.97 Å². The van der Waals surface area contributed by atoms with Gasteiger partial charge in [-0.15, -0.1) is 0 Å². The highest BCUT2D eigenvalue weighted by Crippen LogP contribution is 2.17. The van der Waals surface area contributed by atoms with Gasteiger partial charge in [0.15, 0.2) is 0 Å². The molecule has 0 bridgehead atoms. The highest BCUT2D eigenvalue weighted by Gasteiger charge is 2.19. The molecule has 1 aromatic carbocycles. The number of carbonyl (C=O) groups is 2. The molecule has 1 unspecified atom stereocenters. The number of sulfonamides is 1. The molecular formula is C15H21FN2O6S. The number of rotatable bonds is 11. The Balaban J connectivity index is 2.63. The van der Waals surface area contributed by atoms with Gasteiger partial charge in [-0.25, -0.2) is 17.5 Å². The summed E-state index contributed by atoms with van der Waals surface area (Å²) in [7, 11) is -2.18. The van der Waals surface area contributed by atoms with Gasteiger partial charge in [0.05, 0.1) is 24.8 Å². The van der Waals surface area contributed by atoms with Crippen molar-refractivity contribution >= 4 is 21.9 Å². The number of carboxylic acid groups (broad SMARTS) is 1. The van der Waals surface area contributed by atoms with Crippen LogP contribution >= 0.6 is 0 Å². The van der Waals surface area contributed by atoms with Crippen LogP contribution in [0.5, 0.6) is 0 Å². The van der Waals surface area contributed by atoms with E-state index < -0.39 is 46.7 Å². The summed E-state index contributed by atoms with van der Waals surface area (Å²) in [5.74, 6) is -2.53. The van der Waals surface area contributed by atoms with Gasteiger partial charge in [0.1, 0.15) is 5.82 Å². The molecule has 0 aliphatic heterocycles. The highest BCUT2D eigenvalue weighted by atomic mass is 32.2. The quantitative estimate of drug-likeness (QED) is 0.481. The number of hydrogen-bond acceptors (Lipinski definition) is 5. The van der Waals surface area contributed by atoms with Crippen molar-refractivity contribution in [2.75, 3.05) is 26.0 Å². The fourth-order valence-corrected chi connectivity index (χ4v) is 3.00. The molecule has 0 saturated carbocycles.